The minimum absolute atomic E-state index is 0.0153. The van der Waals surface area contributed by atoms with Crippen LogP contribution in [0.3, 0.4) is 0 Å². The minimum Gasteiger partial charge on any atom is -0.462 e. The van der Waals surface area contributed by atoms with Crippen LogP contribution in [0.1, 0.15) is 187 Å². The molecule has 0 aromatic heterocycles. The van der Waals surface area contributed by atoms with E-state index in [9.17, 15) is 34.3 Å². The molecule has 0 aliphatic heterocycles. The number of ketones is 1. The van der Waals surface area contributed by atoms with Gasteiger partial charge in [0, 0.05) is 43.9 Å². The van der Waals surface area contributed by atoms with Gasteiger partial charge in [0.25, 0.3) is 0 Å². The van der Waals surface area contributed by atoms with Gasteiger partial charge in [0.15, 0.2) is 6.10 Å². The fourth-order valence-electron chi connectivity index (χ4n) is 7.19. The van der Waals surface area contributed by atoms with Crippen molar-refractivity contribution in [3.8, 4) is 0 Å². The number of aliphatic hydroxyl groups is 3. The molecule has 0 aromatic carbocycles. The van der Waals surface area contributed by atoms with E-state index in [1.165, 1.54) is 77.0 Å². The van der Waals surface area contributed by atoms with E-state index in [0.29, 0.717) is 25.7 Å². The normalized spacial score (nSPS) is 19.8. The van der Waals surface area contributed by atoms with Crippen LogP contribution in [-0.4, -0.2) is 80.5 Å². The lowest BCUT2D eigenvalue weighted by Gasteiger charge is -2.20. The molecule has 0 unspecified atom stereocenters. The maximum absolute atomic E-state index is 12.7. The van der Waals surface area contributed by atoms with E-state index in [-0.39, 0.29) is 37.9 Å². The Balaban J connectivity index is 2.29. The highest BCUT2D eigenvalue weighted by Crippen LogP contribution is 2.37. The van der Waals surface area contributed by atoms with Crippen LogP contribution in [0.15, 0.2) is 12.2 Å². The monoisotopic (exact) mass is 805 g/mol. The van der Waals surface area contributed by atoms with E-state index in [2.05, 4.69) is 18.4 Å². The first-order valence-corrected chi connectivity index (χ1v) is 23.2. The van der Waals surface area contributed by atoms with Gasteiger partial charge in [0.2, 0.25) is 0 Å². The summed E-state index contributed by atoms with van der Waals surface area (Å²) in [5.74, 6) is -2.15. The molecule has 0 saturated heterocycles. The predicted molar refractivity (Wildman–Crippen MR) is 214 cm³/mol. The maximum Gasteiger partial charge on any atom is 0.469 e. The van der Waals surface area contributed by atoms with Crippen LogP contribution >= 0.6 is 7.82 Å². The fraction of sp³-hybridized carbons (Fsp3) is 0.881. The molecule has 13 heteroatoms. The molecule has 1 fully saturated rings. The first kappa shape index (κ1) is 51.4. The second-order valence-corrected chi connectivity index (χ2v) is 16.9. The highest BCUT2D eigenvalue weighted by atomic mass is 31.2. The highest BCUT2D eigenvalue weighted by Gasteiger charge is 2.41. The molecule has 322 valence electrons. The largest absolute Gasteiger partial charge is 0.469 e. The van der Waals surface area contributed by atoms with Crippen LogP contribution in [0.4, 0.5) is 0 Å². The van der Waals surface area contributed by atoms with Crippen LogP contribution in [0.2, 0.25) is 0 Å². The van der Waals surface area contributed by atoms with Crippen molar-refractivity contribution in [3.63, 3.8) is 0 Å². The molecular weight excluding hydrogens is 727 g/mol. The zero-order valence-electron chi connectivity index (χ0n) is 34.2. The Morgan fingerprint density at radius 1 is 0.673 bits per heavy atom. The van der Waals surface area contributed by atoms with Crippen molar-refractivity contribution < 1.29 is 58.1 Å². The number of aliphatic hydroxyl groups excluding tert-OH is 3. The quantitative estimate of drug-likeness (QED) is 0.0175. The molecule has 1 rings (SSSR count). The van der Waals surface area contributed by atoms with E-state index in [1.807, 2.05) is 0 Å². The van der Waals surface area contributed by atoms with Crippen molar-refractivity contribution in [2.75, 3.05) is 13.2 Å². The highest BCUT2D eigenvalue weighted by molar-refractivity contribution is 7.46. The third kappa shape index (κ3) is 28.4. The lowest BCUT2D eigenvalue weighted by atomic mass is 9.87. The number of phosphoric acid groups is 1. The first-order valence-electron chi connectivity index (χ1n) is 21.7. The van der Waals surface area contributed by atoms with Crippen LogP contribution in [0.25, 0.3) is 0 Å². The summed E-state index contributed by atoms with van der Waals surface area (Å²) >= 11 is 0. The number of phosphoric ester groups is 1. The molecule has 0 aromatic rings. The smallest absolute Gasteiger partial charge is 0.462 e. The third-order valence-corrected chi connectivity index (χ3v) is 11.0. The Hall–Kier alpha value is -1.66. The summed E-state index contributed by atoms with van der Waals surface area (Å²) in [7, 11) is -4.84. The Morgan fingerprint density at radius 2 is 1.16 bits per heavy atom. The third-order valence-electron chi connectivity index (χ3n) is 10.5. The van der Waals surface area contributed by atoms with E-state index in [4.69, 9.17) is 19.3 Å². The molecule has 0 amide bonds. The lowest BCUT2D eigenvalue weighted by Crippen LogP contribution is -2.29. The summed E-state index contributed by atoms with van der Waals surface area (Å²) in [6.45, 7) is 3.27. The van der Waals surface area contributed by atoms with E-state index >= 15 is 0 Å². The molecule has 6 atom stereocenters. The molecule has 0 spiro atoms. The molecule has 0 radical (unpaired) electrons. The number of hydrogen-bond donors (Lipinski definition) is 5. The molecule has 1 saturated carbocycles. The second-order valence-electron chi connectivity index (χ2n) is 15.6. The molecule has 0 heterocycles. The number of esters is 2. The van der Waals surface area contributed by atoms with E-state index in [1.54, 1.807) is 12.2 Å². The number of unbranched alkanes of at least 4 members (excludes halogenated alkanes) is 18. The Morgan fingerprint density at radius 3 is 1.73 bits per heavy atom. The van der Waals surface area contributed by atoms with Gasteiger partial charge in [-0.25, -0.2) is 4.57 Å². The number of rotatable bonds is 36. The molecule has 12 nitrogen and oxygen atoms in total. The van der Waals surface area contributed by atoms with Crippen LogP contribution in [0.5, 0.6) is 0 Å². The SMILES string of the molecule is CCCCCCCCCCCCCCCCCCC(=O)O[C@H](COC(=O)CCCCC(=O)C[C@@H]1[C@@H](/C=C/[C@@H](O)CCCCC)[C@H](O)C[C@@H]1O)COP(=O)(O)O. The van der Waals surface area contributed by atoms with Gasteiger partial charge in [-0.15, -0.1) is 0 Å². The number of ether oxygens (including phenoxy) is 2. The second kappa shape index (κ2) is 32.3. The van der Waals surface area contributed by atoms with Gasteiger partial charge in [-0.2, -0.15) is 0 Å². The number of carbonyl (C=O) groups is 3. The topological polar surface area (TPSA) is 197 Å². The van der Waals surface area contributed by atoms with Crippen LogP contribution in [0, 0.1) is 11.8 Å². The zero-order chi connectivity index (χ0) is 40.7. The molecule has 55 heavy (non-hydrogen) atoms. The van der Waals surface area contributed by atoms with E-state index in [0.717, 1.165) is 38.5 Å². The summed E-state index contributed by atoms with van der Waals surface area (Å²) in [4.78, 5) is 55.8. The fourth-order valence-corrected chi connectivity index (χ4v) is 7.55. The average molecular weight is 805 g/mol. The van der Waals surface area contributed by atoms with Gasteiger partial charge in [-0.05, 0) is 25.7 Å². The van der Waals surface area contributed by atoms with Crippen molar-refractivity contribution in [1.29, 1.82) is 0 Å². The van der Waals surface area contributed by atoms with Crippen molar-refractivity contribution >= 4 is 25.5 Å². The summed E-state index contributed by atoms with van der Waals surface area (Å²) in [6, 6.07) is 0. The first-order chi connectivity index (χ1) is 26.4. The van der Waals surface area contributed by atoms with Gasteiger partial charge >= 0.3 is 19.8 Å². The van der Waals surface area contributed by atoms with E-state index < -0.39 is 69.2 Å². The van der Waals surface area contributed by atoms with Crippen molar-refractivity contribution in [2.24, 2.45) is 11.8 Å². The minimum atomic E-state index is -4.84. The standard InChI is InChI=1S/C42H77O12P/c1-3-5-7-8-9-10-11-12-13-14-15-16-17-18-19-21-27-42(48)54-36(33-53-55(49,50)51)32-52-41(47)26-23-22-25-35(44)30-38-37(39(45)31-40(38)46)29-28-34(43)24-20-6-4-2/h28-29,34,36-40,43,45-46H,3-27,30-33H2,1-2H3,(H2,49,50,51)/b29-28+/t34-,36+,37+,38+,39+,40-/m0/s1. The van der Waals surface area contributed by atoms with Crippen molar-refractivity contribution in [2.45, 2.75) is 212 Å². The summed E-state index contributed by atoms with van der Waals surface area (Å²) in [6.07, 6.45) is 24.2. The molecular formula is C42H77O12P. The number of Topliss-reactive ketones (excluding diaryl/α,β-unsaturated/α-hetero) is 1. The molecule has 1 aliphatic carbocycles. The summed E-state index contributed by atoms with van der Waals surface area (Å²) in [5.41, 5.74) is 0. The van der Waals surface area contributed by atoms with Crippen LogP contribution in [-0.2, 0) is 32.9 Å². The van der Waals surface area contributed by atoms with Gasteiger partial charge in [-0.3, -0.25) is 18.9 Å². The summed E-state index contributed by atoms with van der Waals surface area (Å²) in [5, 5.41) is 31.2. The maximum atomic E-state index is 12.7. The lowest BCUT2D eigenvalue weighted by molar-refractivity contribution is -0.161. The molecule has 1 aliphatic rings. The van der Waals surface area contributed by atoms with Gasteiger partial charge in [0.05, 0.1) is 24.9 Å². The number of hydrogen-bond acceptors (Lipinski definition) is 10. The zero-order valence-corrected chi connectivity index (χ0v) is 35.1. The van der Waals surface area contributed by atoms with Crippen LogP contribution < -0.4 is 0 Å². The molecule has 5 N–H and O–H groups in total. The predicted octanol–water partition coefficient (Wildman–Crippen LogP) is 8.58. The van der Waals surface area contributed by atoms with Crippen molar-refractivity contribution in [3.05, 3.63) is 12.2 Å². The average Bonchev–Trinajstić information content (AvgIpc) is 3.40. The van der Waals surface area contributed by atoms with Gasteiger partial charge in [-0.1, -0.05) is 142 Å². The Labute approximate surface area is 331 Å². The van der Waals surface area contributed by atoms with Gasteiger partial charge < -0.3 is 34.6 Å². The Bertz CT molecular complexity index is 1080. The van der Waals surface area contributed by atoms with Gasteiger partial charge in [0.1, 0.15) is 12.4 Å². The van der Waals surface area contributed by atoms with Crippen molar-refractivity contribution in [1.82, 2.24) is 0 Å². The molecule has 0 bridgehead atoms. The summed E-state index contributed by atoms with van der Waals surface area (Å²) < 4.78 is 26.3. The number of carbonyl (C=O) groups excluding carboxylic acids is 3. The Kier molecular flexibility index (Phi) is 30.2.